The highest BCUT2D eigenvalue weighted by atomic mass is 35.5. The normalized spacial score (nSPS) is 16.1. The maximum atomic E-state index is 14.5. The fourth-order valence-electron chi connectivity index (χ4n) is 7.92. The molecule has 2 aliphatic carbocycles. The molecular weight excluding hydrogens is 878 g/mol. The van der Waals surface area contributed by atoms with Gasteiger partial charge in [0.2, 0.25) is 17.7 Å². The number of unbranched alkanes of at least 4 members (excludes halogenated alkanes) is 1. The molecule has 4 bridgehead atoms. The fraction of sp³-hybridized carbons (Fsp3) is 0.389. The molecule has 2 unspecified atom stereocenters. The number of nitrogens with zero attached hydrogens (tertiary/aromatic N) is 1. The molecule has 0 radical (unpaired) electrons. The number of halogens is 1. The number of nitrogens with two attached hydrogens (primary N) is 2. The highest BCUT2D eigenvalue weighted by Crippen LogP contribution is 2.47. The average Bonchev–Trinajstić information content (AvgIpc) is 4.30. The second kappa shape index (κ2) is 26.3. The van der Waals surface area contributed by atoms with Gasteiger partial charge >= 0.3 is 0 Å². The molecule has 14 heteroatoms. The number of likely N-dealkylation sites (N-methyl/N-ethyl adjacent to an activating group) is 1. The number of nitrogens with one attached hydrogen (secondary N) is 4. The standard InChI is InChI=1S/C48H51ClN6O6.C4H11N.C2H6/c1-3-4-37(56)26-51-47(59)41-24-29-5-20-43(61-22-21-50)40(23-29)39-25-35(16-19-38(39)32-8-9-32)45(48(60)53-28-44(57)54-41)55(2)42(33-10-11-33)27-52-46(58)34-12-6-30(7-13-34)31-14-17-36(49)18-15-31;1-2-3-4-5;1-2/h3,5-7,12-20,23,25,32,41,45H,1,4,8-11,21-22,24,26-28,50H2,2H3,(H,51,59)(H,52,58)(H,53,60)(H,54,57);2-5H2,1H3;1-2H3. The van der Waals surface area contributed by atoms with Crippen molar-refractivity contribution >= 4 is 41.0 Å². The summed E-state index contributed by atoms with van der Waals surface area (Å²) in [6.45, 7) is 10.7. The lowest BCUT2D eigenvalue weighted by Gasteiger charge is -2.32. The number of benzene rings is 4. The number of hydrogen-bond donors (Lipinski definition) is 6. The van der Waals surface area contributed by atoms with Crippen molar-refractivity contribution in [3.8, 4) is 28.0 Å². The van der Waals surface area contributed by atoms with Crippen molar-refractivity contribution in [2.75, 3.05) is 46.4 Å². The van der Waals surface area contributed by atoms with Crippen LogP contribution in [0.15, 0.2) is 109 Å². The Morgan fingerprint density at radius 1 is 0.882 bits per heavy atom. The topological polar surface area (TPSA) is 198 Å². The molecular formula is C54H68ClN7O6. The van der Waals surface area contributed by atoms with Gasteiger partial charge in [0, 0.05) is 48.3 Å². The number of amides is 4. The van der Waals surface area contributed by atoms with Gasteiger partial charge in [0.15, 0.2) is 5.78 Å². The molecule has 4 aromatic rings. The van der Waals surface area contributed by atoms with E-state index in [4.69, 9.17) is 27.8 Å². The number of hydrogen-bond acceptors (Lipinski definition) is 9. The zero-order valence-corrected chi connectivity index (χ0v) is 40.7. The highest BCUT2D eigenvalue weighted by molar-refractivity contribution is 6.30. The van der Waals surface area contributed by atoms with Crippen LogP contribution in [-0.2, 0) is 25.6 Å². The summed E-state index contributed by atoms with van der Waals surface area (Å²) in [5, 5.41) is 12.0. The third-order valence-electron chi connectivity index (χ3n) is 11.7. The largest absolute Gasteiger partial charge is 0.492 e. The van der Waals surface area contributed by atoms with Gasteiger partial charge in [-0.25, -0.2) is 0 Å². The van der Waals surface area contributed by atoms with Crippen LogP contribution in [0.2, 0.25) is 5.02 Å². The predicted molar refractivity (Wildman–Crippen MR) is 271 cm³/mol. The van der Waals surface area contributed by atoms with Gasteiger partial charge in [-0.2, -0.15) is 0 Å². The molecule has 1 heterocycles. The van der Waals surface area contributed by atoms with Gasteiger partial charge in [0.25, 0.3) is 5.91 Å². The van der Waals surface area contributed by atoms with Gasteiger partial charge in [-0.15, -0.1) is 6.58 Å². The molecule has 0 saturated heterocycles. The first-order valence-corrected chi connectivity index (χ1v) is 24.2. The monoisotopic (exact) mass is 945 g/mol. The smallest absolute Gasteiger partial charge is 0.251 e. The molecule has 2 saturated carbocycles. The molecule has 3 aliphatic rings. The molecule has 0 spiro atoms. The summed E-state index contributed by atoms with van der Waals surface area (Å²) in [6.07, 6.45) is 7.76. The van der Waals surface area contributed by atoms with E-state index in [-0.39, 0.29) is 44.2 Å². The lowest BCUT2D eigenvalue weighted by atomic mass is 9.89. The van der Waals surface area contributed by atoms with Crippen LogP contribution >= 0.6 is 11.6 Å². The Bertz CT molecular complexity index is 2410. The van der Waals surface area contributed by atoms with E-state index >= 15 is 0 Å². The van der Waals surface area contributed by atoms with Crippen molar-refractivity contribution in [3.63, 3.8) is 0 Å². The van der Waals surface area contributed by atoms with Gasteiger partial charge in [-0.1, -0.05) is 87.3 Å². The van der Waals surface area contributed by atoms with E-state index in [1.165, 1.54) is 18.9 Å². The van der Waals surface area contributed by atoms with Crippen LogP contribution < -0.4 is 37.5 Å². The van der Waals surface area contributed by atoms with Crippen LogP contribution in [0.1, 0.15) is 105 Å². The zero-order chi connectivity index (χ0) is 49.2. The van der Waals surface area contributed by atoms with Crippen LogP contribution in [0.4, 0.5) is 0 Å². The van der Waals surface area contributed by atoms with Crippen LogP contribution in [0.5, 0.6) is 5.75 Å². The SMILES string of the molecule is C=CCC(=O)CNC(=O)C1Cc2ccc(OCCN)c(c2)-c2cc(ccc2C2CC2)C(N(C)C(CNC(=O)c2ccc(-c3ccc(Cl)cc3)cc2)=C2CC2)C(=O)NCC(=O)N1.CC.CCCCN. The minimum atomic E-state index is -1.05. The first kappa shape index (κ1) is 52.7. The molecule has 8 N–H and O–H groups in total. The number of carbonyl (C=O) groups is 5. The highest BCUT2D eigenvalue weighted by Gasteiger charge is 2.34. The Hall–Kier alpha value is -6.28. The average molecular weight is 947 g/mol. The molecule has 7 rings (SSSR count). The Balaban J connectivity index is 0.00000116. The molecule has 1 aliphatic heterocycles. The number of carbonyl (C=O) groups excluding carboxylic acids is 5. The summed E-state index contributed by atoms with van der Waals surface area (Å²) in [5.74, 6) is -1.11. The van der Waals surface area contributed by atoms with Crippen LogP contribution in [-0.4, -0.2) is 86.7 Å². The summed E-state index contributed by atoms with van der Waals surface area (Å²) in [6, 6.07) is 24.6. The molecule has 362 valence electrons. The Morgan fingerprint density at radius 2 is 1.57 bits per heavy atom. The van der Waals surface area contributed by atoms with Crippen molar-refractivity contribution in [1.82, 2.24) is 26.2 Å². The van der Waals surface area contributed by atoms with E-state index in [1.54, 1.807) is 12.1 Å². The summed E-state index contributed by atoms with van der Waals surface area (Å²) in [7, 11) is 1.83. The predicted octanol–water partition coefficient (Wildman–Crippen LogP) is 7.53. The minimum absolute atomic E-state index is 0.0966. The summed E-state index contributed by atoms with van der Waals surface area (Å²) >= 11 is 6.07. The second-order valence-electron chi connectivity index (χ2n) is 16.9. The quantitative estimate of drug-likeness (QED) is 0.0580. The van der Waals surface area contributed by atoms with Crippen molar-refractivity contribution in [3.05, 3.63) is 136 Å². The molecule has 4 amide bonds. The second-order valence-corrected chi connectivity index (χ2v) is 17.3. The fourth-order valence-corrected chi connectivity index (χ4v) is 8.04. The number of Topliss-reactive ketones (excluding diaryl/α,β-unsaturated/α-hetero) is 1. The number of rotatable bonds is 17. The Labute approximate surface area is 406 Å². The molecule has 2 fully saturated rings. The van der Waals surface area contributed by atoms with Gasteiger partial charge in [-0.3, -0.25) is 24.0 Å². The number of fused-ring (bicyclic) bond motifs is 5. The van der Waals surface area contributed by atoms with Gasteiger partial charge in [0.05, 0.1) is 19.6 Å². The first-order chi connectivity index (χ1) is 32.9. The van der Waals surface area contributed by atoms with Crippen molar-refractivity contribution < 1.29 is 28.7 Å². The van der Waals surface area contributed by atoms with Crippen LogP contribution in [0.3, 0.4) is 0 Å². The third kappa shape index (κ3) is 14.9. The number of ketones is 1. The molecule has 68 heavy (non-hydrogen) atoms. The summed E-state index contributed by atoms with van der Waals surface area (Å²) in [5.41, 5.74) is 19.6. The summed E-state index contributed by atoms with van der Waals surface area (Å²) in [4.78, 5) is 69.3. The van der Waals surface area contributed by atoms with E-state index in [0.717, 1.165) is 76.9 Å². The van der Waals surface area contributed by atoms with Crippen LogP contribution in [0.25, 0.3) is 22.3 Å². The third-order valence-corrected chi connectivity index (χ3v) is 12.0. The molecule has 4 aromatic carbocycles. The van der Waals surface area contributed by atoms with Gasteiger partial charge < -0.3 is 42.4 Å². The van der Waals surface area contributed by atoms with Crippen molar-refractivity contribution in [2.45, 2.75) is 90.1 Å². The number of ether oxygens (including phenoxy) is 1. The minimum Gasteiger partial charge on any atom is -0.492 e. The summed E-state index contributed by atoms with van der Waals surface area (Å²) < 4.78 is 6.20. The van der Waals surface area contributed by atoms with Crippen molar-refractivity contribution in [1.29, 1.82) is 0 Å². The first-order valence-electron chi connectivity index (χ1n) is 23.8. The molecule has 0 aromatic heterocycles. The lowest BCUT2D eigenvalue weighted by molar-refractivity contribution is -0.131. The Morgan fingerprint density at radius 3 is 2.18 bits per heavy atom. The Kier molecular flexibility index (Phi) is 20.4. The molecule has 2 atom stereocenters. The van der Waals surface area contributed by atoms with E-state index < -0.39 is 36.3 Å². The van der Waals surface area contributed by atoms with E-state index in [9.17, 15) is 24.0 Å². The van der Waals surface area contributed by atoms with Crippen molar-refractivity contribution in [2.24, 2.45) is 11.5 Å². The maximum absolute atomic E-state index is 14.5. The zero-order valence-electron chi connectivity index (χ0n) is 39.9. The molecule has 13 nitrogen and oxygen atoms in total. The van der Waals surface area contributed by atoms with Crippen LogP contribution in [0, 0.1) is 0 Å². The maximum Gasteiger partial charge on any atom is 0.251 e. The van der Waals surface area contributed by atoms with E-state index in [1.807, 2.05) is 92.5 Å². The van der Waals surface area contributed by atoms with Gasteiger partial charge in [0.1, 0.15) is 24.4 Å². The van der Waals surface area contributed by atoms with E-state index in [0.29, 0.717) is 34.4 Å². The number of allylic oxidation sites excluding steroid dienone is 2. The van der Waals surface area contributed by atoms with E-state index in [2.05, 4.69) is 40.8 Å². The lowest BCUT2D eigenvalue weighted by Crippen LogP contribution is -2.52. The van der Waals surface area contributed by atoms with Gasteiger partial charge in [-0.05, 0) is 126 Å².